The van der Waals surface area contributed by atoms with Gasteiger partial charge in [0, 0.05) is 7.11 Å². The van der Waals surface area contributed by atoms with Crippen molar-refractivity contribution in [3.63, 3.8) is 0 Å². The maximum Gasteiger partial charge on any atom is 0.0834 e. The van der Waals surface area contributed by atoms with Gasteiger partial charge in [0.1, 0.15) is 0 Å². The second-order valence-electron chi connectivity index (χ2n) is 5.81. The van der Waals surface area contributed by atoms with Gasteiger partial charge in [-0.3, -0.25) is 4.68 Å². The van der Waals surface area contributed by atoms with Gasteiger partial charge in [0.2, 0.25) is 0 Å². The summed E-state index contributed by atoms with van der Waals surface area (Å²) in [6.07, 6.45) is 7.11. The number of ether oxygens (including phenoxy) is 1. The summed E-state index contributed by atoms with van der Waals surface area (Å²) in [4.78, 5) is 0. The zero-order valence-corrected chi connectivity index (χ0v) is 12.1. The Balaban J connectivity index is 1.76. The van der Waals surface area contributed by atoms with Crippen molar-refractivity contribution in [2.24, 2.45) is 23.5 Å². The highest BCUT2D eigenvalue weighted by Gasteiger charge is 2.54. The van der Waals surface area contributed by atoms with Crippen LogP contribution in [0.25, 0.3) is 0 Å². The first-order chi connectivity index (χ1) is 9.24. The molecule has 3 atom stereocenters. The van der Waals surface area contributed by atoms with E-state index in [2.05, 4.69) is 5.10 Å². The molecule has 1 aromatic rings. The summed E-state index contributed by atoms with van der Waals surface area (Å²) in [7, 11) is 1.69. The lowest BCUT2D eigenvalue weighted by Crippen LogP contribution is -2.21. The summed E-state index contributed by atoms with van der Waals surface area (Å²) >= 11 is 6.28. The van der Waals surface area contributed by atoms with Gasteiger partial charge in [-0.2, -0.15) is 5.10 Å². The third-order valence-corrected chi connectivity index (χ3v) is 5.08. The standard InChI is InChI=1S/C14H22ClN3O/c1-19-7-6-18-14(11(15)8-17-18)13(16)12-9-4-2-3-5-10(9)12/h8-10,12-13H,2-7,16H2,1H3. The summed E-state index contributed by atoms with van der Waals surface area (Å²) in [5.41, 5.74) is 7.49. The number of fused-ring (bicyclic) bond motifs is 1. The smallest absolute Gasteiger partial charge is 0.0834 e. The molecule has 3 unspecified atom stereocenters. The van der Waals surface area contributed by atoms with Gasteiger partial charge in [0.15, 0.2) is 0 Å². The average Bonchev–Trinajstić information content (AvgIpc) is 3.04. The van der Waals surface area contributed by atoms with Gasteiger partial charge in [-0.1, -0.05) is 24.4 Å². The molecule has 0 aliphatic heterocycles. The van der Waals surface area contributed by atoms with Crippen LogP contribution < -0.4 is 5.73 Å². The lowest BCUT2D eigenvalue weighted by molar-refractivity contribution is 0.181. The number of nitrogens with zero attached hydrogens (tertiary/aromatic N) is 2. The van der Waals surface area contributed by atoms with Crippen LogP contribution in [-0.4, -0.2) is 23.5 Å². The first-order valence-electron chi connectivity index (χ1n) is 7.19. The number of hydrogen-bond donors (Lipinski definition) is 1. The molecule has 4 nitrogen and oxygen atoms in total. The number of nitrogens with two attached hydrogens (primary N) is 1. The van der Waals surface area contributed by atoms with Gasteiger partial charge < -0.3 is 10.5 Å². The van der Waals surface area contributed by atoms with E-state index in [1.165, 1.54) is 25.7 Å². The molecule has 0 aromatic carbocycles. The molecule has 0 amide bonds. The molecule has 0 bridgehead atoms. The van der Waals surface area contributed by atoms with Gasteiger partial charge in [0.05, 0.1) is 36.1 Å². The van der Waals surface area contributed by atoms with Crippen LogP contribution in [0.1, 0.15) is 37.4 Å². The van der Waals surface area contributed by atoms with Crippen LogP contribution in [0.5, 0.6) is 0 Å². The van der Waals surface area contributed by atoms with E-state index in [1.807, 2.05) is 4.68 Å². The molecule has 1 heterocycles. The summed E-state index contributed by atoms with van der Waals surface area (Å²) in [5.74, 6) is 2.26. The second kappa shape index (κ2) is 5.43. The van der Waals surface area contributed by atoms with E-state index < -0.39 is 0 Å². The predicted molar refractivity (Wildman–Crippen MR) is 75.0 cm³/mol. The molecular weight excluding hydrogens is 262 g/mol. The first-order valence-corrected chi connectivity index (χ1v) is 7.57. The highest BCUT2D eigenvalue weighted by atomic mass is 35.5. The number of hydrogen-bond acceptors (Lipinski definition) is 3. The van der Waals surface area contributed by atoms with Crippen molar-refractivity contribution in [2.45, 2.75) is 38.3 Å². The van der Waals surface area contributed by atoms with Gasteiger partial charge in [-0.05, 0) is 30.6 Å². The van der Waals surface area contributed by atoms with Gasteiger partial charge >= 0.3 is 0 Å². The normalized spacial score (nSPS) is 31.0. The fourth-order valence-corrected chi connectivity index (χ4v) is 4.09. The SMILES string of the molecule is COCCn1ncc(Cl)c1C(N)C1C2CCCCC21. The maximum absolute atomic E-state index is 6.49. The largest absolute Gasteiger partial charge is 0.383 e. The van der Waals surface area contributed by atoms with Crippen LogP contribution in [-0.2, 0) is 11.3 Å². The summed E-state index contributed by atoms with van der Waals surface area (Å²) in [5, 5.41) is 5.03. The van der Waals surface area contributed by atoms with Crippen molar-refractivity contribution < 1.29 is 4.74 Å². The monoisotopic (exact) mass is 283 g/mol. The van der Waals surface area contributed by atoms with Crippen LogP contribution in [0.15, 0.2) is 6.20 Å². The van der Waals surface area contributed by atoms with E-state index in [0.717, 1.165) is 17.5 Å². The minimum absolute atomic E-state index is 0.0277. The van der Waals surface area contributed by atoms with Crippen molar-refractivity contribution in [1.82, 2.24) is 9.78 Å². The predicted octanol–water partition coefficient (Wildman–Crippen LogP) is 2.62. The lowest BCUT2D eigenvalue weighted by Gasteiger charge is -2.15. The van der Waals surface area contributed by atoms with Gasteiger partial charge in [0.25, 0.3) is 0 Å². The van der Waals surface area contributed by atoms with E-state index in [4.69, 9.17) is 22.1 Å². The molecule has 19 heavy (non-hydrogen) atoms. The Morgan fingerprint density at radius 3 is 2.79 bits per heavy atom. The molecule has 106 valence electrons. The molecule has 1 aromatic heterocycles. The van der Waals surface area contributed by atoms with Crippen LogP contribution in [0, 0.1) is 17.8 Å². The van der Waals surface area contributed by atoms with E-state index in [9.17, 15) is 0 Å². The summed E-state index contributed by atoms with van der Waals surface area (Å²) < 4.78 is 7.03. The number of methoxy groups -OCH3 is 1. The Morgan fingerprint density at radius 1 is 1.47 bits per heavy atom. The second-order valence-corrected chi connectivity index (χ2v) is 6.22. The lowest BCUT2D eigenvalue weighted by atomic mass is 10.0. The Kier molecular flexibility index (Phi) is 3.83. The summed E-state index contributed by atoms with van der Waals surface area (Å²) in [6.45, 7) is 1.35. The van der Waals surface area contributed by atoms with Gasteiger partial charge in [-0.15, -0.1) is 0 Å². The number of rotatable bonds is 5. The summed E-state index contributed by atoms with van der Waals surface area (Å²) in [6, 6.07) is 0.0277. The van der Waals surface area contributed by atoms with Crippen molar-refractivity contribution in [3.05, 3.63) is 16.9 Å². The molecular formula is C14H22ClN3O. The van der Waals surface area contributed by atoms with E-state index in [0.29, 0.717) is 24.1 Å². The quantitative estimate of drug-likeness (QED) is 0.904. The molecule has 2 N–H and O–H groups in total. The van der Waals surface area contributed by atoms with E-state index >= 15 is 0 Å². The van der Waals surface area contributed by atoms with Crippen LogP contribution in [0.3, 0.4) is 0 Å². The third kappa shape index (κ3) is 2.41. The maximum atomic E-state index is 6.49. The highest BCUT2D eigenvalue weighted by molar-refractivity contribution is 6.31. The minimum Gasteiger partial charge on any atom is -0.383 e. The first kappa shape index (κ1) is 13.4. The average molecular weight is 284 g/mol. The zero-order valence-electron chi connectivity index (χ0n) is 11.4. The Hall–Kier alpha value is -0.580. The fraction of sp³-hybridized carbons (Fsp3) is 0.786. The molecule has 2 saturated carbocycles. The van der Waals surface area contributed by atoms with Crippen molar-refractivity contribution >= 4 is 11.6 Å². The molecule has 2 aliphatic carbocycles. The Bertz CT molecular complexity index is 436. The van der Waals surface area contributed by atoms with E-state index in [-0.39, 0.29) is 6.04 Å². The number of halogens is 1. The molecule has 0 radical (unpaired) electrons. The molecule has 2 fully saturated rings. The van der Waals surface area contributed by atoms with Crippen LogP contribution >= 0.6 is 11.6 Å². The zero-order chi connectivity index (χ0) is 13.4. The van der Waals surface area contributed by atoms with Crippen molar-refractivity contribution in [1.29, 1.82) is 0 Å². The fourth-order valence-electron chi connectivity index (χ4n) is 3.82. The van der Waals surface area contributed by atoms with Crippen molar-refractivity contribution in [3.8, 4) is 0 Å². The van der Waals surface area contributed by atoms with Crippen LogP contribution in [0.2, 0.25) is 5.02 Å². The minimum atomic E-state index is 0.0277. The number of aromatic nitrogens is 2. The molecule has 5 heteroatoms. The Morgan fingerprint density at radius 2 is 2.16 bits per heavy atom. The molecule has 2 aliphatic rings. The molecule has 3 rings (SSSR count). The molecule has 0 spiro atoms. The Labute approximate surface area is 119 Å². The topological polar surface area (TPSA) is 53.1 Å². The van der Waals surface area contributed by atoms with Gasteiger partial charge in [-0.25, -0.2) is 0 Å². The highest BCUT2D eigenvalue weighted by Crippen LogP contribution is 2.60. The molecule has 0 saturated heterocycles. The van der Waals surface area contributed by atoms with E-state index in [1.54, 1.807) is 13.3 Å². The van der Waals surface area contributed by atoms with Crippen LogP contribution in [0.4, 0.5) is 0 Å². The van der Waals surface area contributed by atoms with Crippen molar-refractivity contribution in [2.75, 3.05) is 13.7 Å². The third-order valence-electron chi connectivity index (χ3n) is 4.79.